The quantitative estimate of drug-likeness (QED) is 0.630. The van der Waals surface area contributed by atoms with Gasteiger partial charge < -0.3 is 14.2 Å². The maximum absolute atomic E-state index is 11.2. The molecule has 1 aliphatic heterocycles. The van der Waals surface area contributed by atoms with Gasteiger partial charge in [0.05, 0.1) is 14.2 Å². The molecular weight excluding hydrogens is 276 g/mol. The summed E-state index contributed by atoms with van der Waals surface area (Å²) in [5.41, 5.74) is 0.854. The van der Waals surface area contributed by atoms with E-state index in [4.69, 9.17) is 9.47 Å². The van der Waals surface area contributed by atoms with Crippen LogP contribution in [-0.2, 0) is 14.3 Å². The summed E-state index contributed by atoms with van der Waals surface area (Å²) in [6.07, 6.45) is -0.770. The number of halogens is 1. The first-order valence-electron chi connectivity index (χ1n) is 4.74. The molecule has 0 aliphatic carbocycles. The normalized spacial score (nSPS) is 22.7. The number of rotatable bonds is 3. The summed E-state index contributed by atoms with van der Waals surface area (Å²) in [7, 11) is 2.93. The lowest BCUT2D eigenvalue weighted by atomic mass is 10.1. The molecule has 5 heteroatoms. The zero-order valence-electron chi connectivity index (χ0n) is 8.90. The van der Waals surface area contributed by atoms with E-state index >= 15 is 0 Å². The molecule has 2 atom stereocenters. The molecule has 0 N–H and O–H groups in total. The molecular formula is C11H11BrO4. The Morgan fingerprint density at radius 3 is 2.81 bits per heavy atom. The molecule has 1 heterocycles. The number of hydrogen-bond donors (Lipinski definition) is 0. The van der Waals surface area contributed by atoms with E-state index in [1.807, 2.05) is 18.2 Å². The molecule has 1 fully saturated rings. The van der Waals surface area contributed by atoms with Gasteiger partial charge in [-0.05, 0) is 18.2 Å². The maximum atomic E-state index is 11.2. The second-order valence-electron chi connectivity index (χ2n) is 3.39. The molecule has 1 aromatic rings. The minimum Gasteiger partial charge on any atom is -0.496 e. The van der Waals surface area contributed by atoms with E-state index in [2.05, 4.69) is 20.7 Å². The molecule has 0 radical (unpaired) electrons. The maximum Gasteiger partial charge on any atom is 0.338 e. The fourth-order valence-electron chi connectivity index (χ4n) is 1.57. The number of methoxy groups -OCH3 is 2. The third kappa shape index (κ3) is 2.05. The Kier molecular flexibility index (Phi) is 3.16. The van der Waals surface area contributed by atoms with Crippen molar-refractivity contribution < 1.29 is 19.0 Å². The number of esters is 1. The van der Waals surface area contributed by atoms with Crippen LogP contribution >= 0.6 is 15.9 Å². The number of ether oxygens (including phenoxy) is 3. The number of benzene rings is 1. The van der Waals surface area contributed by atoms with Crippen molar-refractivity contribution in [2.75, 3.05) is 14.2 Å². The average Bonchev–Trinajstić information content (AvgIpc) is 3.08. The van der Waals surface area contributed by atoms with E-state index in [0.717, 1.165) is 10.0 Å². The van der Waals surface area contributed by atoms with Gasteiger partial charge in [-0.2, -0.15) is 0 Å². The first kappa shape index (κ1) is 11.4. The highest BCUT2D eigenvalue weighted by molar-refractivity contribution is 9.10. The Morgan fingerprint density at radius 2 is 2.19 bits per heavy atom. The number of hydrogen-bond acceptors (Lipinski definition) is 4. The third-order valence-electron chi connectivity index (χ3n) is 2.42. The van der Waals surface area contributed by atoms with Crippen LogP contribution in [0.5, 0.6) is 5.75 Å². The summed E-state index contributed by atoms with van der Waals surface area (Å²) in [5, 5.41) is 0. The molecule has 0 amide bonds. The van der Waals surface area contributed by atoms with Crippen LogP contribution in [0.15, 0.2) is 22.7 Å². The Bertz CT molecular complexity index is 418. The van der Waals surface area contributed by atoms with Crippen molar-refractivity contribution in [2.24, 2.45) is 0 Å². The van der Waals surface area contributed by atoms with Crippen molar-refractivity contribution in [1.82, 2.24) is 0 Å². The molecule has 1 aromatic carbocycles. The molecule has 4 nitrogen and oxygen atoms in total. The molecule has 86 valence electrons. The summed E-state index contributed by atoms with van der Waals surface area (Å²) < 4.78 is 16.0. The van der Waals surface area contributed by atoms with Crippen molar-refractivity contribution in [3.63, 3.8) is 0 Å². The van der Waals surface area contributed by atoms with Crippen LogP contribution in [0.2, 0.25) is 0 Å². The van der Waals surface area contributed by atoms with Crippen LogP contribution < -0.4 is 4.74 Å². The lowest BCUT2D eigenvalue weighted by molar-refractivity contribution is -0.142. The van der Waals surface area contributed by atoms with Gasteiger partial charge in [0, 0.05) is 10.0 Å². The van der Waals surface area contributed by atoms with E-state index in [9.17, 15) is 4.79 Å². The van der Waals surface area contributed by atoms with Crippen LogP contribution in [-0.4, -0.2) is 26.3 Å². The van der Waals surface area contributed by atoms with E-state index in [1.54, 1.807) is 7.11 Å². The smallest absolute Gasteiger partial charge is 0.338 e. The monoisotopic (exact) mass is 286 g/mol. The van der Waals surface area contributed by atoms with Gasteiger partial charge in [0.15, 0.2) is 6.10 Å². The van der Waals surface area contributed by atoms with Crippen molar-refractivity contribution >= 4 is 21.9 Å². The molecule has 2 rings (SSSR count). The van der Waals surface area contributed by atoms with Gasteiger partial charge in [0.1, 0.15) is 11.9 Å². The van der Waals surface area contributed by atoms with Crippen LogP contribution in [0, 0.1) is 0 Å². The molecule has 1 saturated heterocycles. The molecule has 16 heavy (non-hydrogen) atoms. The van der Waals surface area contributed by atoms with Gasteiger partial charge in [0.25, 0.3) is 0 Å². The summed E-state index contributed by atoms with van der Waals surface area (Å²) in [6, 6.07) is 5.58. The van der Waals surface area contributed by atoms with Gasteiger partial charge in [-0.3, -0.25) is 0 Å². The lowest BCUT2D eigenvalue weighted by Crippen LogP contribution is -2.09. The standard InChI is InChI=1S/C11H11BrO4/c1-14-8-4-3-6(12)5-7(8)9-10(16-9)11(13)15-2/h3-5,9-10H,1-2H3/t9-,10+/m0/s1. The predicted molar refractivity (Wildman–Crippen MR) is 60.3 cm³/mol. The molecule has 0 saturated carbocycles. The second-order valence-corrected chi connectivity index (χ2v) is 4.30. The fraction of sp³-hybridized carbons (Fsp3) is 0.364. The second kappa shape index (κ2) is 4.43. The molecule has 0 spiro atoms. The van der Waals surface area contributed by atoms with Gasteiger partial charge in [-0.15, -0.1) is 0 Å². The average molecular weight is 287 g/mol. The number of epoxide rings is 1. The van der Waals surface area contributed by atoms with E-state index in [-0.39, 0.29) is 12.1 Å². The number of carbonyl (C=O) groups excluding carboxylic acids is 1. The van der Waals surface area contributed by atoms with Crippen molar-refractivity contribution in [1.29, 1.82) is 0 Å². The topological polar surface area (TPSA) is 48.1 Å². The Hall–Kier alpha value is -1.07. The molecule has 0 bridgehead atoms. The minimum atomic E-state index is -0.506. The predicted octanol–water partition coefficient (Wildman–Crippen LogP) is 2.07. The van der Waals surface area contributed by atoms with Crippen molar-refractivity contribution in [3.8, 4) is 5.75 Å². The fourth-order valence-corrected chi connectivity index (χ4v) is 1.95. The third-order valence-corrected chi connectivity index (χ3v) is 2.92. The highest BCUT2D eigenvalue weighted by Crippen LogP contribution is 2.44. The zero-order chi connectivity index (χ0) is 11.7. The van der Waals surface area contributed by atoms with Gasteiger partial charge in [-0.25, -0.2) is 4.79 Å². The van der Waals surface area contributed by atoms with E-state index in [1.165, 1.54) is 7.11 Å². The molecule has 1 aliphatic rings. The summed E-state index contributed by atoms with van der Waals surface area (Å²) in [6.45, 7) is 0. The first-order valence-corrected chi connectivity index (χ1v) is 5.53. The minimum absolute atomic E-state index is 0.264. The van der Waals surface area contributed by atoms with Crippen LogP contribution in [0.3, 0.4) is 0 Å². The highest BCUT2D eigenvalue weighted by Gasteiger charge is 2.48. The SMILES string of the molecule is COC(=O)[C@@H]1O[C@H]1c1cc(Br)ccc1OC. The Labute approximate surface area is 102 Å². The summed E-state index contributed by atoms with van der Waals surface area (Å²) in [4.78, 5) is 11.2. The van der Waals surface area contributed by atoms with Gasteiger partial charge in [-0.1, -0.05) is 15.9 Å². The van der Waals surface area contributed by atoms with Crippen LogP contribution in [0.4, 0.5) is 0 Å². The Morgan fingerprint density at radius 1 is 1.44 bits per heavy atom. The van der Waals surface area contributed by atoms with Crippen LogP contribution in [0.25, 0.3) is 0 Å². The van der Waals surface area contributed by atoms with Gasteiger partial charge in [0.2, 0.25) is 0 Å². The Balaban J connectivity index is 2.22. The summed E-state index contributed by atoms with van der Waals surface area (Å²) >= 11 is 3.37. The van der Waals surface area contributed by atoms with Crippen molar-refractivity contribution in [2.45, 2.75) is 12.2 Å². The molecule has 0 aromatic heterocycles. The first-order chi connectivity index (χ1) is 7.67. The van der Waals surface area contributed by atoms with Gasteiger partial charge >= 0.3 is 5.97 Å². The lowest BCUT2D eigenvalue weighted by Gasteiger charge is -2.06. The van der Waals surface area contributed by atoms with E-state index < -0.39 is 6.10 Å². The zero-order valence-corrected chi connectivity index (χ0v) is 10.5. The highest BCUT2D eigenvalue weighted by atomic mass is 79.9. The summed E-state index contributed by atoms with van der Waals surface area (Å²) in [5.74, 6) is 0.353. The molecule has 0 unspecified atom stereocenters. The van der Waals surface area contributed by atoms with E-state index in [0.29, 0.717) is 5.75 Å². The largest absolute Gasteiger partial charge is 0.496 e. The van der Waals surface area contributed by atoms with Crippen LogP contribution in [0.1, 0.15) is 11.7 Å². The number of carbonyl (C=O) groups is 1. The van der Waals surface area contributed by atoms with Crippen molar-refractivity contribution in [3.05, 3.63) is 28.2 Å².